The number of nitrogens with two attached hydrogens (primary N) is 4. The highest BCUT2D eigenvalue weighted by Crippen LogP contribution is 2.28. The van der Waals surface area contributed by atoms with Crippen LogP contribution in [-0.4, -0.2) is 30.3 Å². The number of hydrogen-bond acceptors (Lipinski definition) is 2. The van der Waals surface area contributed by atoms with Gasteiger partial charge in [-0.05, 0) is 30.0 Å². The molecule has 1 aromatic carbocycles. The Hall–Kier alpha value is -2.81. The smallest absolute Gasteiger partial charge is 0.222 e. The SMILES string of the molecule is CC(C)(C)CCN=C(N)N=C(N)Nc1ccc(N=C(N)N=C(N)C(C)(C)C)c(Cl)c1. The molecule has 0 unspecified atom stereocenters. The number of amidine groups is 1. The molecule has 0 aliphatic rings. The molecule has 0 atom stereocenters. The lowest BCUT2D eigenvalue weighted by molar-refractivity contribution is 0.385. The number of halogens is 1. The van der Waals surface area contributed by atoms with Gasteiger partial charge in [0.2, 0.25) is 17.9 Å². The van der Waals surface area contributed by atoms with Gasteiger partial charge in [0.05, 0.1) is 10.7 Å². The number of hydrogen-bond donors (Lipinski definition) is 5. The van der Waals surface area contributed by atoms with Gasteiger partial charge in [0.15, 0.2) is 0 Å². The molecule has 0 heterocycles. The molecule has 1 rings (SSSR count). The summed E-state index contributed by atoms with van der Waals surface area (Å²) < 4.78 is 0. The molecule has 0 saturated carbocycles. The molecule has 0 amide bonds. The van der Waals surface area contributed by atoms with Crippen molar-refractivity contribution in [1.82, 2.24) is 0 Å². The largest absolute Gasteiger partial charge is 0.387 e. The molecule has 9 N–H and O–H groups in total. The van der Waals surface area contributed by atoms with Crippen LogP contribution >= 0.6 is 11.6 Å². The van der Waals surface area contributed by atoms with E-state index in [1.165, 1.54) is 0 Å². The Labute approximate surface area is 183 Å². The average Bonchev–Trinajstić information content (AvgIpc) is 2.55. The van der Waals surface area contributed by atoms with Crippen LogP contribution in [0, 0.1) is 10.8 Å². The van der Waals surface area contributed by atoms with E-state index in [0.29, 0.717) is 28.8 Å². The van der Waals surface area contributed by atoms with Gasteiger partial charge >= 0.3 is 0 Å². The van der Waals surface area contributed by atoms with E-state index < -0.39 is 0 Å². The minimum atomic E-state index is -0.313. The van der Waals surface area contributed by atoms with E-state index >= 15 is 0 Å². The second kappa shape index (κ2) is 10.3. The van der Waals surface area contributed by atoms with E-state index in [-0.39, 0.29) is 28.7 Å². The summed E-state index contributed by atoms with van der Waals surface area (Å²) >= 11 is 6.29. The zero-order valence-corrected chi connectivity index (χ0v) is 19.4. The molecule has 9 nitrogen and oxygen atoms in total. The van der Waals surface area contributed by atoms with Crippen molar-refractivity contribution in [3.8, 4) is 0 Å². The minimum Gasteiger partial charge on any atom is -0.387 e. The Bertz CT molecular complexity index is 856. The molecule has 0 aliphatic heterocycles. The Balaban J connectivity index is 2.87. The van der Waals surface area contributed by atoms with Crippen LogP contribution in [0.1, 0.15) is 48.0 Å². The first kappa shape index (κ1) is 25.2. The van der Waals surface area contributed by atoms with Gasteiger partial charge in [-0.15, -0.1) is 0 Å². The van der Waals surface area contributed by atoms with E-state index in [1.807, 2.05) is 20.8 Å². The van der Waals surface area contributed by atoms with Crippen LogP contribution in [0.25, 0.3) is 0 Å². The van der Waals surface area contributed by atoms with Crippen molar-refractivity contribution >= 4 is 46.7 Å². The molecule has 0 bridgehead atoms. The number of benzene rings is 1. The van der Waals surface area contributed by atoms with Crippen LogP contribution in [0.5, 0.6) is 0 Å². The van der Waals surface area contributed by atoms with Gasteiger partial charge in [0, 0.05) is 17.6 Å². The molecule has 0 aliphatic carbocycles. The molecular weight excluding hydrogens is 402 g/mol. The Morgan fingerprint density at radius 1 is 0.967 bits per heavy atom. The number of rotatable bonds is 4. The van der Waals surface area contributed by atoms with Crippen molar-refractivity contribution in [3.63, 3.8) is 0 Å². The standard InChI is InChI=1S/C20H34ClN9/c1-19(2,3)9-10-26-16(23)30-17(24)27-12-7-8-14(13(21)11-12)28-18(25)29-15(22)20(4,5)6/h7-8,11H,9-10H2,1-6H3,(H4,22,25,28,29)(H5,23,24,26,27,30). The number of nitrogens with zero attached hydrogens (tertiary/aromatic N) is 4. The Morgan fingerprint density at radius 2 is 1.60 bits per heavy atom. The van der Waals surface area contributed by atoms with Crippen molar-refractivity contribution in [1.29, 1.82) is 0 Å². The van der Waals surface area contributed by atoms with Gasteiger partial charge in [-0.3, -0.25) is 4.99 Å². The predicted octanol–water partition coefficient (Wildman–Crippen LogP) is 3.17. The number of anilines is 1. The van der Waals surface area contributed by atoms with E-state index in [9.17, 15) is 0 Å². The Kier molecular flexibility index (Phi) is 8.65. The highest BCUT2D eigenvalue weighted by atomic mass is 35.5. The normalized spacial score (nSPS) is 14.8. The van der Waals surface area contributed by atoms with E-state index in [0.717, 1.165) is 6.42 Å². The summed E-state index contributed by atoms with van der Waals surface area (Å²) in [5.41, 5.74) is 24.4. The van der Waals surface area contributed by atoms with Crippen LogP contribution in [0.15, 0.2) is 38.2 Å². The van der Waals surface area contributed by atoms with Gasteiger partial charge in [-0.1, -0.05) is 53.1 Å². The van der Waals surface area contributed by atoms with Crippen LogP contribution in [0.2, 0.25) is 5.02 Å². The Morgan fingerprint density at radius 3 is 2.13 bits per heavy atom. The fourth-order valence-corrected chi connectivity index (χ4v) is 2.18. The van der Waals surface area contributed by atoms with E-state index in [2.05, 4.69) is 46.1 Å². The maximum Gasteiger partial charge on any atom is 0.222 e. The molecule has 1 aromatic rings. The van der Waals surface area contributed by atoms with Crippen molar-refractivity contribution in [2.24, 2.45) is 53.7 Å². The van der Waals surface area contributed by atoms with Crippen molar-refractivity contribution in [3.05, 3.63) is 23.2 Å². The van der Waals surface area contributed by atoms with Crippen LogP contribution in [-0.2, 0) is 0 Å². The first-order valence-electron chi connectivity index (χ1n) is 9.57. The van der Waals surface area contributed by atoms with Crippen molar-refractivity contribution in [2.45, 2.75) is 48.0 Å². The molecule has 0 spiro atoms. The van der Waals surface area contributed by atoms with Gasteiger partial charge < -0.3 is 28.3 Å². The molecule has 10 heteroatoms. The third kappa shape index (κ3) is 9.60. The first-order valence-corrected chi connectivity index (χ1v) is 9.94. The zero-order valence-electron chi connectivity index (χ0n) is 18.6. The highest BCUT2D eigenvalue weighted by molar-refractivity contribution is 6.33. The summed E-state index contributed by atoms with van der Waals surface area (Å²) in [5, 5.41) is 3.26. The fraction of sp³-hybridized carbons (Fsp3) is 0.500. The third-order valence-electron chi connectivity index (χ3n) is 3.83. The molecule has 166 valence electrons. The summed E-state index contributed by atoms with van der Waals surface area (Å²) in [6, 6.07) is 5.04. The van der Waals surface area contributed by atoms with Crippen LogP contribution < -0.4 is 28.3 Å². The van der Waals surface area contributed by atoms with Crippen LogP contribution in [0.3, 0.4) is 0 Å². The molecular formula is C20H34ClN9. The van der Waals surface area contributed by atoms with Gasteiger partial charge in [-0.2, -0.15) is 4.99 Å². The highest BCUT2D eigenvalue weighted by Gasteiger charge is 2.16. The summed E-state index contributed by atoms with van der Waals surface area (Å²) in [6.07, 6.45) is 0.892. The molecule has 30 heavy (non-hydrogen) atoms. The van der Waals surface area contributed by atoms with Gasteiger partial charge in [-0.25, -0.2) is 9.98 Å². The topological polar surface area (TPSA) is 166 Å². The summed E-state index contributed by atoms with van der Waals surface area (Å²) in [6.45, 7) is 12.8. The lowest BCUT2D eigenvalue weighted by Crippen LogP contribution is -2.31. The molecule has 0 saturated heterocycles. The first-order chi connectivity index (χ1) is 13.7. The van der Waals surface area contributed by atoms with Crippen molar-refractivity contribution in [2.75, 3.05) is 11.9 Å². The lowest BCUT2D eigenvalue weighted by atomic mass is 9.93. The van der Waals surface area contributed by atoms with Gasteiger partial charge in [0.25, 0.3) is 0 Å². The minimum absolute atomic E-state index is 0.0188. The second-order valence-corrected chi connectivity index (χ2v) is 9.46. The number of aliphatic imine (C=N–C) groups is 4. The number of guanidine groups is 3. The van der Waals surface area contributed by atoms with E-state index in [4.69, 9.17) is 34.5 Å². The molecule has 0 fully saturated rings. The molecule has 0 aromatic heterocycles. The lowest BCUT2D eigenvalue weighted by Gasteiger charge is -2.16. The molecule has 0 radical (unpaired) electrons. The fourth-order valence-electron chi connectivity index (χ4n) is 1.96. The number of nitrogens with one attached hydrogen (secondary N) is 1. The van der Waals surface area contributed by atoms with E-state index in [1.54, 1.807) is 18.2 Å². The quantitative estimate of drug-likeness (QED) is 0.361. The zero-order chi connectivity index (χ0) is 23.1. The average molecular weight is 436 g/mol. The maximum atomic E-state index is 6.29. The summed E-state index contributed by atoms with van der Waals surface area (Å²) in [5.74, 6) is 0.606. The van der Waals surface area contributed by atoms with Crippen molar-refractivity contribution < 1.29 is 0 Å². The third-order valence-corrected chi connectivity index (χ3v) is 4.13. The monoisotopic (exact) mass is 435 g/mol. The predicted molar refractivity (Wildman–Crippen MR) is 130 cm³/mol. The summed E-state index contributed by atoms with van der Waals surface area (Å²) in [4.78, 5) is 16.5. The van der Waals surface area contributed by atoms with Gasteiger partial charge in [0.1, 0.15) is 5.84 Å². The maximum absolute atomic E-state index is 6.29. The second-order valence-electron chi connectivity index (χ2n) is 9.06. The van der Waals surface area contributed by atoms with Crippen LogP contribution in [0.4, 0.5) is 11.4 Å². The summed E-state index contributed by atoms with van der Waals surface area (Å²) in [7, 11) is 0.